The van der Waals surface area contributed by atoms with Gasteiger partial charge in [-0.1, -0.05) is 42.5 Å². The number of para-hydroxylation sites is 1. The van der Waals surface area contributed by atoms with Crippen LogP contribution in [0, 0.1) is 5.92 Å². The number of nitrogens with one attached hydrogen (secondary N) is 3. The number of aromatic amines is 2. The molecular weight excluding hydrogens is 476 g/mol. The van der Waals surface area contributed by atoms with E-state index in [0.717, 1.165) is 45.1 Å². The van der Waals surface area contributed by atoms with Crippen molar-refractivity contribution in [2.24, 2.45) is 5.92 Å². The summed E-state index contributed by atoms with van der Waals surface area (Å²) >= 11 is 0. The molecule has 1 spiro atoms. The number of ketones is 1. The van der Waals surface area contributed by atoms with Gasteiger partial charge in [0, 0.05) is 56.8 Å². The third-order valence-corrected chi connectivity index (χ3v) is 8.33. The van der Waals surface area contributed by atoms with Crippen molar-refractivity contribution in [1.29, 1.82) is 0 Å². The minimum atomic E-state index is -0.233. The summed E-state index contributed by atoms with van der Waals surface area (Å²) in [5.74, 6) is -0.0839. The van der Waals surface area contributed by atoms with Gasteiger partial charge >= 0.3 is 0 Å². The van der Waals surface area contributed by atoms with Crippen LogP contribution < -0.4 is 5.32 Å². The average molecular weight is 499 g/mol. The zero-order chi connectivity index (χ0) is 25.6. The summed E-state index contributed by atoms with van der Waals surface area (Å²) in [5.41, 5.74) is 5.69. The van der Waals surface area contributed by atoms with Crippen LogP contribution in [0.1, 0.15) is 43.3 Å². The number of piperidine rings is 1. The molecule has 0 radical (unpaired) electrons. The fourth-order valence-corrected chi connectivity index (χ4v) is 6.44. The number of carbonyl (C=O) groups is 3. The van der Waals surface area contributed by atoms with E-state index < -0.39 is 0 Å². The van der Waals surface area contributed by atoms with Gasteiger partial charge in [0.25, 0.3) is 11.8 Å². The van der Waals surface area contributed by atoms with Crippen molar-refractivity contribution in [3.63, 3.8) is 0 Å². The summed E-state index contributed by atoms with van der Waals surface area (Å²) in [6, 6.07) is 24.7. The van der Waals surface area contributed by atoms with E-state index in [1.807, 2.05) is 78.9 Å². The minimum absolute atomic E-state index is 0.0430. The molecule has 7 heteroatoms. The Balaban J connectivity index is 1.07. The van der Waals surface area contributed by atoms with E-state index in [2.05, 4.69) is 15.3 Å². The molecule has 3 heterocycles. The number of hydrogen-bond acceptors (Lipinski definition) is 3. The molecule has 2 fully saturated rings. The fraction of sp³-hybridized carbons (Fsp3) is 0.129. The molecule has 5 aromatic rings. The lowest BCUT2D eigenvalue weighted by molar-refractivity contribution is 0.0806. The molecule has 3 aromatic carbocycles. The number of allylic oxidation sites excluding steroid dienone is 2. The highest BCUT2D eigenvalue weighted by Gasteiger charge is 2.67. The van der Waals surface area contributed by atoms with Crippen molar-refractivity contribution in [3.05, 3.63) is 113 Å². The van der Waals surface area contributed by atoms with E-state index in [1.54, 1.807) is 11.0 Å². The number of anilines is 1. The van der Waals surface area contributed by atoms with Crippen LogP contribution in [0.3, 0.4) is 0 Å². The lowest BCUT2D eigenvalue weighted by Gasteiger charge is -2.29. The maximum atomic E-state index is 13.7. The van der Waals surface area contributed by atoms with Gasteiger partial charge in [-0.3, -0.25) is 14.4 Å². The molecule has 1 saturated carbocycles. The van der Waals surface area contributed by atoms with Gasteiger partial charge in [-0.2, -0.15) is 0 Å². The normalized spacial score (nSPS) is 21.2. The summed E-state index contributed by atoms with van der Waals surface area (Å²) < 4.78 is 0. The maximum absolute atomic E-state index is 13.7. The van der Waals surface area contributed by atoms with Gasteiger partial charge in [-0.15, -0.1) is 0 Å². The van der Waals surface area contributed by atoms with Crippen molar-refractivity contribution in [1.82, 2.24) is 14.9 Å². The van der Waals surface area contributed by atoms with Crippen LogP contribution >= 0.6 is 0 Å². The van der Waals surface area contributed by atoms with Gasteiger partial charge < -0.3 is 20.2 Å². The van der Waals surface area contributed by atoms with Crippen molar-refractivity contribution in [3.8, 4) is 0 Å². The number of nitrogens with zero attached hydrogens (tertiary/aromatic N) is 1. The van der Waals surface area contributed by atoms with E-state index in [4.69, 9.17) is 0 Å². The van der Waals surface area contributed by atoms with E-state index >= 15 is 0 Å². The summed E-state index contributed by atoms with van der Waals surface area (Å²) in [7, 11) is 0. The van der Waals surface area contributed by atoms with Crippen LogP contribution in [0.2, 0.25) is 0 Å². The third-order valence-electron chi connectivity index (χ3n) is 8.33. The van der Waals surface area contributed by atoms with Crippen LogP contribution in [0.15, 0.2) is 90.6 Å². The summed E-state index contributed by atoms with van der Waals surface area (Å²) in [6.07, 6.45) is 2.63. The van der Waals surface area contributed by atoms with Gasteiger partial charge in [-0.05, 0) is 54.3 Å². The molecule has 1 unspecified atom stereocenters. The quantitative estimate of drug-likeness (QED) is 0.311. The number of hydrogen-bond donors (Lipinski definition) is 3. The second-order valence-corrected chi connectivity index (χ2v) is 10.4. The zero-order valence-electron chi connectivity index (χ0n) is 20.2. The zero-order valence-corrected chi connectivity index (χ0v) is 20.2. The smallest absolute Gasteiger partial charge is 0.274 e. The van der Waals surface area contributed by atoms with Gasteiger partial charge in [0.1, 0.15) is 11.4 Å². The molecule has 184 valence electrons. The second-order valence-electron chi connectivity index (χ2n) is 10.4. The Morgan fingerprint density at radius 3 is 2.53 bits per heavy atom. The first-order valence-corrected chi connectivity index (χ1v) is 12.7. The number of likely N-dealkylation sites (tertiary alicyclic amines) is 1. The van der Waals surface area contributed by atoms with Crippen molar-refractivity contribution < 1.29 is 14.4 Å². The van der Waals surface area contributed by atoms with Crippen LogP contribution in [0.5, 0.6) is 0 Å². The first-order valence-electron chi connectivity index (χ1n) is 12.7. The Bertz CT molecular complexity index is 1860. The van der Waals surface area contributed by atoms with Crippen LogP contribution in [0.4, 0.5) is 5.69 Å². The highest BCUT2D eigenvalue weighted by molar-refractivity contribution is 6.10. The molecule has 2 atom stereocenters. The largest absolute Gasteiger partial charge is 0.351 e. The molecule has 7 nitrogen and oxygen atoms in total. The Morgan fingerprint density at radius 2 is 1.63 bits per heavy atom. The maximum Gasteiger partial charge on any atom is 0.274 e. The Morgan fingerprint density at radius 1 is 0.868 bits per heavy atom. The molecule has 38 heavy (non-hydrogen) atoms. The van der Waals surface area contributed by atoms with Crippen LogP contribution in [-0.4, -0.2) is 39.0 Å². The molecular formula is C31H22N4O3. The molecule has 2 aliphatic carbocycles. The van der Waals surface area contributed by atoms with Crippen LogP contribution in [0.25, 0.3) is 21.8 Å². The molecule has 2 amide bonds. The van der Waals surface area contributed by atoms with Crippen molar-refractivity contribution >= 4 is 45.1 Å². The van der Waals surface area contributed by atoms with Crippen molar-refractivity contribution in [2.45, 2.75) is 11.8 Å². The topological polar surface area (TPSA) is 98.1 Å². The van der Waals surface area contributed by atoms with Crippen molar-refractivity contribution in [2.75, 3.05) is 11.9 Å². The van der Waals surface area contributed by atoms with Gasteiger partial charge in [0.05, 0.1) is 0 Å². The average Bonchev–Trinajstić information content (AvgIpc) is 3.25. The predicted octanol–water partition coefficient (Wildman–Crippen LogP) is 5.40. The summed E-state index contributed by atoms with van der Waals surface area (Å²) in [5, 5.41) is 4.74. The van der Waals surface area contributed by atoms with Crippen LogP contribution in [-0.2, 0) is 5.41 Å². The van der Waals surface area contributed by atoms with E-state index in [9.17, 15) is 14.4 Å². The second kappa shape index (κ2) is 7.32. The van der Waals surface area contributed by atoms with E-state index in [-0.39, 0.29) is 23.0 Å². The molecule has 3 N–H and O–H groups in total. The first kappa shape index (κ1) is 21.2. The predicted molar refractivity (Wildman–Crippen MR) is 144 cm³/mol. The molecule has 1 saturated heterocycles. The number of carbonyl (C=O) groups excluding carboxylic acids is 3. The fourth-order valence-electron chi connectivity index (χ4n) is 6.44. The number of H-pyrrole nitrogens is 2. The standard InChI is InChI=1S/C31H22N4O3/c36-27-14-28-31(22-7-3-2-6-21(22)27)15-19(31)16-35(28)30(38)26-13-18-11-20(9-10-24(18)34-26)32-29(37)25-12-17-5-1-4-8-23(17)33-25/h1-14,19,33-34H,15-16H2,(H,32,37)/t19?,31-/m1/s1. The Labute approximate surface area is 217 Å². The minimum Gasteiger partial charge on any atom is -0.351 e. The molecule has 1 aliphatic heterocycles. The van der Waals surface area contributed by atoms with Gasteiger partial charge in [0.2, 0.25) is 0 Å². The SMILES string of the molecule is O=C(Nc1ccc2[nH]c(C(=O)N3CC4C[C@@]45C3=CC(=O)c3ccccc35)cc2c1)c1cc2ccccc2[nH]1. The Hall–Kier alpha value is -4.91. The van der Waals surface area contributed by atoms with E-state index in [1.165, 1.54) is 0 Å². The molecule has 3 aliphatic rings. The molecule has 8 rings (SSSR count). The monoisotopic (exact) mass is 498 g/mol. The van der Waals surface area contributed by atoms with E-state index in [0.29, 0.717) is 29.5 Å². The molecule has 0 bridgehead atoms. The number of amides is 2. The number of rotatable bonds is 3. The highest BCUT2D eigenvalue weighted by Crippen LogP contribution is 2.66. The summed E-state index contributed by atoms with van der Waals surface area (Å²) in [6.45, 7) is 0.605. The number of benzene rings is 3. The summed E-state index contributed by atoms with van der Waals surface area (Å²) in [4.78, 5) is 47.5. The Kier molecular flexibility index (Phi) is 4.08. The third kappa shape index (κ3) is 2.87. The number of fused-ring (bicyclic) bond motifs is 3. The first-order chi connectivity index (χ1) is 18.5. The van der Waals surface area contributed by atoms with Gasteiger partial charge in [0.15, 0.2) is 5.78 Å². The van der Waals surface area contributed by atoms with Gasteiger partial charge in [-0.25, -0.2) is 0 Å². The lowest BCUT2D eigenvalue weighted by Crippen LogP contribution is -2.33. The highest BCUT2D eigenvalue weighted by atomic mass is 16.2. The lowest BCUT2D eigenvalue weighted by atomic mass is 9.81. The molecule has 2 aromatic heterocycles. The number of aromatic nitrogens is 2.